The maximum absolute atomic E-state index is 12.3. The number of amides is 1. The largest absolute Gasteiger partial charge is 0.454 e. The molecule has 0 saturated carbocycles. The Morgan fingerprint density at radius 2 is 2.04 bits per heavy atom. The minimum atomic E-state index is -0.287. The topological polar surface area (TPSA) is 94.6 Å². The average Bonchev–Trinajstić information content (AvgIpc) is 3.31. The van der Waals surface area contributed by atoms with Gasteiger partial charge in [0.2, 0.25) is 12.7 Å². The third kappa shape index (κ3) is 3.63. The van der Waals surface area contributed by atoms with Gasteiger partial charge in [0.1, 0.15) is 0 Å². The molecule has 3 heterocycles. The van der Waals surface area contributed by atoms with Gasteiger partial charge < -0.3 is 24.8 Å². The van der Waals surface area contributed by atoms with Crippen molar-refractivity contribution in [1.29, 1.82) is 0 Å². The lowest BCUT2D eigenvalue weighted by Gasteiger charge is -2.10. The Morgan fingerprint density at radius 1 is 1.20 bits per heavy atom. The smallest absolute Gasteiger partial charge is 0.258 e. The number of fused-ring (bicyclic) bond motifs is 1. The van der Waals surface area contributed by atoms with Gasteiger partial charge in [-0.25, -0.2) is 9.97 Å². The van der Waals surface area contributed by atoms with E-state index in [1.165, 1.54) is 12.4 Å². The molecular formula is C17H18N4O4. The van der Waals surface area contributed by atoms with E-state index >= 15 is 0 Å². The molecule has 1 amide bonds. The highest BCUT2D eigenvalue weighted by molar-refractivity contribution is 6.04. The minimum Gasteiger partial charge on any atom is -0.454 e. The molecule has 2 aliphatic rings. The van der Waals surface area contributed by atoms with E-state index in [4.69, 9.17) is 14.2 Å². The molecule has 1 aromatic heterocycles. The van der Waals surface area contributed by atoms with Gasteiger partial charge in [-0.2, -0.15) is 0 Å². The quantitative estimate of drug-likeness (QED) is 0.858. The molecule has 2 aromatic rings. The van der Waals surface area contributed by atoms with E-state index in [9.17, 15) is 4.79 Å². The molecule has 25 heavy (non-hydrogen) atoms. The lowest BCUT2D eigenvalue weighted by atomic mass is 10.2. The van der Waals surface area contributed by atoms with Crippen molar-refractivity contribution in [1.82, 2.24) is 9.97 Å². The van der Waals surface area contributed by atoms with Crippen LogP contribution in [-0.4, -0.2) is 41.9 Å². The van der Waals surface area contributed by atoms with Crippen LogP contribution >= 0.6 is 0 Å². The normalized spacial score (nSPS) is 18.2. The fourth-order valence-corrected chi connectivity index (χ4v) is 2.72. The predicted octanol–water partition coefficient (Wildman–Crippen LogP) is 2.05. The van der Waals surface area contributed by atoms with Crippen molar-refractivity contribution in [3.63, 3.8) is 0 Å². The Balaban J connectivity index is 1.35. The van der Waals surface area contributed by atoms with Crippen molar-refractivity contribution in [2.75, 3.05) is 30.6 Å². The average molecular weight is 342 g/mol. The standard InChI is InChI=1S/C17H18N4O4/c22-16(21-12-3-4-14-15(6-12)25-10-24-14)11-7-18-17(19-8-11)20-9-13-2-1-5-23-13/h3-4,6-8,13H,1-2,5,9-10H2,(H,21,22)(H,18,19,20). The zero-order chi connectivity index (χ0) is 17.1. The summed E-state index contributed by atoms with van der Waals surface area (Å²) >= 11 is 0. The fraction of sp³-hybridized carbons (Fsp3) is 0.353. The molecule has 1 unspecified atom stereocenters. The van der Waals surface area contributed by atoms with Crippen LogP contribution in [0.2, 0.25) is 0 Å². The zero-order valence-corrected chi connectivity index (χ0v) is 13.5. The van der Waals surface area contributed by atoms with E-state index in [0.29, 0.717) is 35.2 Å². The fourth-order valence-electron chi connectivity index (χ4n) is 2.72. The summed E-state index contributed by atoms with van der Waals surface area (Å²) in [6.07, 6.45) is 5.33. The number of nitrogens with zero attached hydrogens (tertiary/aromatic N) is 2. The van der Waals surface area contributed by atoms with Crippen molar-refractivity contribution in [3.8, 4) is 11.5 Å². The van der Waals surface area contributed by atoms with Crippen molar-refractivity contribution in [2.45, 2.75) is 18.9 Å². The first-order valence-corrected chi connectivity index (χ1v) is 8.16. The van der Waals surface area contributed by atoms with E-state index < -0.39 is 0 Å². The number of aromatic nitrogens is 2. The van der Waals surface area contributed by atoms with Crippen LogP contribution < -0.4 is 20.1 Å². The van der Waals surface area contributed by atoms with Gasteiger partial charge in [0.05, 0.1) is 11.7 Å². The predicted molar refractivity (Wildman–Crippen MR) is 90.0 cm³/mol. The summed E-state index contributed by atoms with van der Waals surface area (Å²) in [6, 6.07) is 5.23. The van der Waals surface area contributed by atoms with E-state index in [-0.39, 0.29) is 18.8 Å². The summed E-state index contributed by atoms with van der Waals surface area (Å²) < 4.78 is 16.1. The molecule has 130 valence electrons. The van der Waals surface area contributed by atoms with Crippen LogP contribution in [0.25, 0.3) is 0 Å². The minimum absolute atomic E-state index is 0.195. The Morgan fingerprint density at radius 3 is 2.84 bits per heavy atom. The summed E-state index contributed by atoms with van der Waals surface area (Å²) in [7, 11) is 0. The van der Waals surface area contributed by atoms with Gasteiger partial charge in [-0.1, -0.05) is 0 Å². The summed E-state index contributed by atoms with van der Waals surface area (Å²) in [5, 5.41) is 5.91. The highest BCUT2D eigenvalue weighted by atomic mass is 16.7. The van der Waals surface area contributed by atoms with Gasteiger partial charge in [0.15, 0.2) is 11.5 Å². The molecule has 0 bridgehead atoms. The van der Waals surface area contributed by atoms with Crippen LogP contribution in [0.4, 0.5) is 11.6 Å². The van der Waals surface area contributed by atoms with E-state index in [0.717, 1.165) is 19.4 Å². The number of anilines is 2. The van der Waals surface area contributed by atoms with Gasteiger partial charge in [-0.15, -0.1) is 0 Å². The molecule has 0 radical (unpaired) electrons. The van der Waals surface area contributed by atoms with Crippen LogP contribution in [0.15, 0.2) is 30.6 Å². The molecule has 1 fully saturated rings. The molecule has 1 saturated heterocycles. The number of ether oxygens (including phenoxy) is 3. The van der Waals surface area contributed by atoms with Gasteiger partial charge in [0.25, 0.3) is 5.91 Å². The first-order valence-electron chi connectivity index (χ1n) is 8.16. The number of carbonyl (C=O) groups excluding carboxylic acids is 1. The molecule has 1 aromatic carbocycles. The molecule has 1 atom stereocenters. The van der Waals surface area contributed by atoms with Crippen LogP contribution in [0.3, 0.4) is 0 Å². The second-order valence-electron chi connectivity index (χ2n) is 5.83. The monoisotopic (exact) mass is 342 g/mol. The highest BCUT2D eigenvalue weighted by Crippen LogP contribution is 2.34. The van der Waals surface area contributed by atoms with Gasteiger partial charge in [0, 0.05) is 37.3 Å². The Kier molecular flexibility index (Phi) is 4.34. The molecule has 2 aliphatic heterocycles. The Bertz CT molecular complexity index is 760. The molecule has 0 spiro atoms. The second kappa shape index (κ2) is 6.94. The van der Waals surface area contributed by atoms with Crippen molar-refractivity contribution in [3.05, 3.63) is 36.2 Å². The van der Waals surface area contributed by atoms with Crippen LogP contribution in [-0.2, 0) is 4.74 Å². The summed E-state index contributed by atoms with van der Waals surface area (Å²) in [6.45, 7) is 1.68. The lowest BCUT2D eigenvalue weighted by molar-refractivity contribution is 0.102. The van der Waals surface area contributed by atoms with E-state index in [1.54, 1.807) is 18.2 Å². The third-order valence-corrected chi connectivity index (χ3v) is 4.06. The van der Waals surface area contributed by atoms with Crippen molar-refractivity contribution >= 4 is 17.5 Å². The first kappa shape index (κ1) is 15.6. The van der Waals surface area contributed by atoms with E-state index in [2.05, 4.69) is 20.6 Å². The maximum atomic E-state index is 12.3. The van der Waals surface area contributed by atoms with Gasteiger partial charge in [-0.05, 0) is 25.0 Å². The summed E-state index contributed by atoms with van der Waals surface area (Å²) in [5.41, 5.74) is 0.996. The van der Waals surface area contributed by atoms with Crippen LogP contribution in [0, 0.1) is 0 Å². The number of nitrogens with one attached hydrogen (secondary N) is 2. The second-order valence-corrected chi connectivity index (χ2v) is 5.83. The van der Waals surface area contributed by atoms with Crippen molar-refractivity contribution < 1.29 is 19.0 Å². The third-order valence-electron chi connectivity index (χ3n) is 4.06. The molecular weight excluding hydrogens is 324 g/mol. The Hall–Kier alpha value is -2.87. The van der Waals surface area contributed by atoms with Crippen molar-refractivity contribution in [2.24, 2.45) is 0 Å². The van der Waals surface area contributed by atoms with Crippen LogP contribution in [0.1, 0.15) is 23.2 Å². The number of hydrogen-bond acceptors (Lipinski definition) is 7. The summed E-state index contributed by atoms with van der Waals surface area (Å²) in [5.74, 6) is 1.48. The molecule has 4 rings (SSSR count). The first-order chi connectivity index (χ1) is 12.3. The highest BCUT2D eigenvalue weighted by Gasteiger charge is 2.16. The lowest BCUT2D eigenvalue weighted by Crippen LogP contribution is -2.20. The maximum Gasteiger partial charge on any atom is 0.258 e. The Labute approximate surface area is 144 Å². The molecule has 2 N–H and O–H groups in total. The van der Waals surface area contributed by atoms with Gasteiger partial charge in [-0.3, -0.25) is 4.79 Å². The van der Waals surface area contributed by atoms with E-state index in [1.807, 2.05) is 0 Å². The molecule has 8 nitrogen and oxygen atoms in total. The molecule has 0 aliphatic carbocycles. The van der Waals surface area contributed by atoms with Gasteiger partial charge >= 0.3 is 0 Å². The van der Waals surface area contributed by atoms with Crippen LogP contribution in [0.5, 0.6) is 11.5 Å². The number of benzene rings is 1. The summed E-state index contributed by atoms with van der Waals surface area (Å²) in [4.78, 5) is 20.6. The number of rotatable bonds is 5. The SMILES string of the molecule is O=C(Nc1ccc2c(c1)OCO2)c1cnc(NCC2CCCO2)nc1. The number of carbonyl (C=O) groups is 1. The number of hydrogen-bond donors (Lipinski definition) is 2. The zero-order valence-electron chi connectivity index (χ0n) is 13.5. The molecule has 8 heteroatoms.